The maximum absolute atomic E-state index is 11.7. The summed E-state index contributed by atoms with van der Waals surface area (Å²) < 4.78 is 10.4. The standard InChI is InChI=1S/C14H17NO4/c1-10(16)11-3-4-13(18-2)12(7-11)8-15-5-6-19-9-14(15)17/h3-4,7H,5-6,8-9H2,1-2H3. The molecular weight excluding hydrogens is 246 g/mol. The van der Waals surface area contributed by atoms with Gasteiger partial charge >= 0.3 is 0 Å². The Morgan fingerprint density at radius 2 is 2.26 bits per heavy atom. The van der Waals surface area contributed by atoms with Crippen LogP contribution >= 0.6 is 0 Å². The molecule has 0 unspecified atom stereocenters. The molecule has 2 rings (SSSR count). The van der Waals surface area contributed by atoms with Gasteiger partial charge in [0.2, 0.25) is 5.91 Å². The molecular formula is C14H17NO4. The first kappa shape index (κ1) is 13.5. The van der Waals surface area contributed by atoms with Crippen molar-refractivity contribution in [3.8, 4) is 5.75 Å². The molecule has 19 heavy (non-hydrogen) atoms. The topological polar surface area (TPSA) is 55.8 Å². The summed E-state index contributed by atoms with van der Waals surface area (Å²) in [5.41, 5.74) is 1.46. The van der Waals surface area contributed by atoms with Crippen LogP contribution in [0.15, 0.2) is 18.2 Å². The molecule has 5 nitrogen and oxygen atoms in total. The van der Waals surface area contributed by atoms with Gasteiger partial charge in [-0.1, -0.05) is 0 Å². The van der Waals surface area contributed by atoms with Crippen molar-refractivity contribution in [1.82, 2.24) is 4.90 Å². The molecule has 1 saturated heterocycles. The molecule has 0 aromatic heterocycles. The molecule has 0 saturated carbocycles. The lowest BCUT2D eigenvalue weighted by Crippen LogP contribution is -2.41. The number of carbonyl (C=O) groups is 2. The van der Waals surface area contributed by atoms with Gasteiger partial charge in [-0.05, 0) is 25.1 Å². The highest BCUT2D eigenvalue weighted by molar-refractivity contribution is 5.94. The Hall–Kier alpha value is -1.88. The van der Waals surface area contributed by atoms with Gasteiger partial charge in [-0.25, -0.2) is 0 Å². The Bertz CT molecular complexity index is 498. The third-order valence-corrected chi connectivity index (χ3v) is 3.13. The van der Waals surface area contributed by atoms with Gasteiger partial charge in [0.1, 0.15) is 12.4 Å². The molecule has 1 fully saturated rings. The molecule has 0 atom stereocenters. The van der Waals surface area contributed by atoms with E-state index in [2.05, 4.69) is 0 Å². The molecule has 1 aromatic rings. The first-order valence-electron chi connectivity index (χ1n) is 6.15. The minimum absolute atomic E-state index is 0.00259. The van der Waals surface area contributed by atoms with Gasteiger partial charge in [-0.2, -0.15) is 0 Å². The number of ether oxygens (including phenoxy) is 2. The van der Waals surface area contributed by atoms with Crippen LogP contribution in [0, 0.1) is 0 Å². The van der Waals surface area contributed by atoms with Crippen LogP contribution in [0.2, 0.25) is 0 Å². The summed E-state index contributed by atoms with van der Waals surface area (Å²) in [6, 6.07) is 5.27. The average Bonchev–Trinajstić information content (AvgIpc) is 2.41. The first-order valence-corrected chi connectivity index (χ1v) is 6.15. The highest BCUT2D eigenvalue weighted by Crippen LogP contribution is 2.22. The summed E-state index contributed by atoms with van der Waals surface area (Å²) in [4.78, 5) is 24.8. The molecule has 0 spiro atoms. The van der Waals surface area contributed by atoms with Crippen LogP contribution < -0.4 is 4.74 Å². The van der Waals surface area contributed by atoms with Crippen molar-refractivity contribution in [2.45, 2.75) is 13.5 Å². The lowest BCUT2D eigenvalue weighted by Gasteiger charge is -2.27. The largest absolute Gasteiger partial charge is 0.496 e. The third kappa shape index (κ3) is 3.12. The van der Waals surface area contributed by atoms with E-state index in [0.29, 0.717) is 31.0 Å². The number of rotatable bonds is 4. The second kappa shape index (κ2) is 5.84. The SMILES string of the molecule is COc1ccc(C(C)=O)cc1CN1CCOCC1=O. The molecule has 1 heterocycles. The number of hydrogen-bond donors (Lipinski definition) is 0. The predicted molar refractivity (Wildman–Crippen MR) is 69.2 cm³/mol. The van der Waals surface area contributed by atoms with E-state index in [9.17, 15) is 9.59 Å². The van der Waals surface area contributed by atoms with Crippen LogP contribution in [-0.4, -0.2) is 43.5 Å². The van der Waals surface area contributed by atoms with E-state index in [0.717, 1.165) is 5.56 Å². The Balaban J connectivity index is 2.23. The normalized spacial score (nSPS) is 15.5. The summed E-state index contributed by atoms with van der Waals surface area (Å²) in [6.07, 6.45) is 0. The minimum atomic E-state index is -0.0402. The summed E-state index contributed by atoms with van der Waals surface area (Å²) in [6.45, 7) is 3.18. The maximum Gasteiger partial charge on any atom is 0.248 e. The zero-order valence-corrected chi connectivity index (χ0v) is 11.1. The van der Waals surface area contributed by atoms with Crippen molar-refractivity contribution < 1.29 is 19.1 Å². The van der Waals surface area contributed by atoms with Gasteiger partial charge in [0, 0.05) is 24.2 Å². The lowest BCUT2D eigenvalue weighted by molar-refractivity contribution is -0.143. The van der Waals surface area contributed by atoms with E-state index >= 15 is 0 Å². The number of hydrogen-bond acceptors (Lipinski definition) is 4. The summed E-state index contributed by atoms with van der Waals surface area (Å²) in [5, 5.41) is 0. The number of nitrogens with zero attached hydrogens (tertiary/aromatic N) is 1. The van der Waals surface area contributed by atoms with Crippen molar-refractivity contribution in [2.24, 2.45) is 0 Å². The van der Waals surface area contributed by atoms with Crippen LogP contribution in [-0.2, 0) is 16.1 Å². The Morgan fingerprint density at radius 1 is 1.47 bits per heavy atom. The highest BCUT2D eigenvalue weighted by Gasteiger charge is 2.20. The van der Waals surface area contributed by atoms with Crippen molar-refractivity contribution in [1.29, 1.82) is 0 Å². The van der Waals surface area contributed by atoms with Crippen molar-refractivity contribution in [3.05, 3.63) is 29.3 Å². The first-order chi connectivity index (χ1) is 9.11. The smallest absolute Gasteiger partial charge is 0.248 e. The van der Waals surface area contributed by atoms with Gasteiger partial charge in [0.15, 0.2) is 5.78 Å². The predicted octanol–water partition coefficient (Wildman–Crippen LogP) is 1.26. The molecule has 1 aliphatic heterocycles. The maximum atomic E-state index is 11.7. The van der Waals surface area contributed by atoms with E-state index < -0.39 is 0 Å². The molecule has 1 amide bonds. The van der Waals surface area contributed by atoms with Crippen LogP contribution in [0.3, 0.4) is 0 Å². The van der Waals surface area contributed by atoms with Gasteiger partial charge in [-0.3, -0.25) is 9.59 Å². The average molecular weight is 263 g/mol. The number of benzene rings is 1. The zero-order chi connectivity index (χ0) is 13.8. The fourth-order valence-corrected chi connectivity index (χ4v) is 2.04. The van der Waals surface area contributed by atoms with E-state index in [1.807, 2.05) is 0 Å². The zero-order valence-electron chi connectivity index (χ0n) is 11.1. The van der Waals surface area contributed by atoms with Crippen molar-refractivity contribution in [2.75, 3.05) is 26.9 Å². The monoisotopic (exact) mass is 263 g/mol. The van der Waals surface area contributed by atoms with Crippen molar-refractivity contribution >= 4 is 11.7 Å². The molecule has 1 aliphatic rings. The number of Topliss-reactive ketones (excluding diaryl/α,β-unsaturated/α-hetero) is 1. The molecule has 0 N–H and O–H groups in total. The van der Waals surface area contributed by atoms with E-state index in [1.165, 1.54) is 6.92 Å². The van der Waals surface area contributed by atoms with Gasteiger partial charge in [-0.15, -0.1) is 0 Å². The van der Waals surface area contributed by atoms with E-state index in [1.54, 1.807) is 30.2 Å². The van der Waals surface area contributed by atoms with Gasteiger partial charge in [0.05, 0.1) is 13.7 Å². The van der Waals surface area contributed by atoms with Gasteiger partial charge in [0.25, 0.3) is 0 Å². The Kier molecular flexibility index (Phi) is 4.16. The molecule has 1 aromatic carbocycles. The number of ketones is 1. The molecule has 0 aliphatic carbocycles. The van der Waals surface area contributed by atoms with E-state index in [-0.39, 0.29) is 18.3 Å². The number of methoxy groups -OCH3 is 1. The summed E-state index contributed by atoms with van der Waals surface area (Å²) >= 11 is 0. The van der Waals surface area contributed by atoms with Gasteiger partial charge < -0.3 is 14.4 Å². The van der Waals surface area contributed by atoms with Crippen LogP contribution in [0.1, 0.15) is 22.8 Å². The molecule has 0 radical (unpaired) electrons. The summed E-state index contributed by atoms with van der Waals surface area (Å²) in [5.74, 6) is 0.642. The Morgan fingerprint density at radius 3 is 2.89 bits per heavy atom. The van der Waals surface area contributed by atoms with E-state index in [4.69, 9.17) is 9.47 Å². The quantitative estimate of drug-likeness (QED) is 0.767. The number of carbonyl (C=O) groups excluding carboxylic acids is 2. The lowest BCUT2D eigenvalue weighted by atomic mass is 10.1. The van der Waals surface area contributed by atoms with Crippen LogP contribution in [0.25, 0.3) is 0 Å². The highest BCUT2D eigenvalue weighted by atomic mass is 16.5. The fraction of sp³-hybridized carbons (Fsp3) is 0.429. The minimum Gasteiger partial charge on any atom is -0.496 e. The van der Waals surface area contributed by atoms with Crippen LogP contribution in [0.4, 0.5) is 0 Å². The molecule has 5 heteroatoms. The Labute approximate surface area is 112 Å². The second-order valence-corrected chi connectivity index (χ2v) is 4.45. The summed E-state index contributed by atoms with van der Waals surface area (Å²) in [7, 11) is 1.58. The third-order valence-electron chi connectivity index (χ3n) is 3.13. The molecule has 102 valence electrons. The second-order valence-electron chi connectivity index (χ2n) is 4.45. The van der Waals surface area contributed by atoms with Crippen LogP contribution in [0.5, 0.6) is 5.75 Å². The fourth-order valence-electron chi connectivity index (χ4n) is 2.04. The number of morpholine rings is 1. The molecule has 0 bridgehead atoms. The number of amides is 1. The van der Waals surface area contributed by atoms with Crippen molar-refractivity contribution in [3.63, 3.8) is 0 Å².